The predicted octanol–water partition coefficient (Wildman–Crippen LogP) is 2.36. The van der Waals surface area contributed by atoms with Gasteiger partial charge in [-0.3, -0.25) is 14.6 Å². The Hall–Kier alpha value is -3.73. The fraction of sp³-hybridized carbons (Fsp3) is 0.105. The van der Waals surface area contributed by atoms with Gasteiger partial charge in [-0.2, -0.15) is 9.61 Å². The van der Waals surface area contributed by atoms with E-state index in [0.717, 1.165) is 11.8 Å². The number of thioether (sulfide) groups is 1. The average Bonchev–Trinajstić information content (AvgIpc) is 3.14. The predicted molar refractivity (Wildman–Crippen MR) is 109 cm³/mol. The SMILES string of the molecule is COc1cccc(NC(=O)CSc2nnc3[nH]c(=O)c(-c4ccc(F)cc4)nn23)c1. The van der Waals surface area contributed by atoms with Crippen LogP contribution < -0.4 is 15.6 Å². The number of hydrogen-bond acceptors (Lipinski definition) is 7. The molecule has 2 aromatic carbocycles. The Bertz CT molecular complexity index is 1270. The van der Waals surface area contributed by atoms with Crippen LogP contribution in [0.1, 0.15) is 0 Å². The minimum Gasteiger partial charge on any atom is -0.497 e. The highest BCUT2D eigenvalue weighted by molar-refractivity contribution is 7.99. The Balaban J connectivity index is 1.53. The van der Waals surface area contributed by atoms with E-state index < -0.39 is 11.4 Å². The summed E-state index contributed by atoms with van der Waals surface area (Å²) < 4.78 is 19.6. The maximum atomic E-state index is 13.2. The number of hydrogen-bond donors (Lipinski definition) is 2. The highest BCUT2D eigenvalue weighted by Gasteiger charge is 2.15. The Morgan fingerprint density at radius 2 is 2.03 bits per heavy atom. The molecule has 2 N–H and O–H groups in total. The van der Waals surface area contributed by atoms with Crippen LogP contribution in [0.4, 0.5) is 10.1 Å². The van der Waals surface area contributed by atoms with Crippen molar-refractivity contribution in [3.05, 3.63) is 64.7 Å². The quantitative estimate of drug-likeness (QED) is 0.455. The molecule has 0 saturated carbocycles. The molecular weight excluding hydrogens is 411 g/mol. The number of aromatic nitrogens is 5. The van der Waals surface area contributed by atoms with Gasteiger partial charge in [0.2, 0.25) is 11.1 Å². The van der Waals surface area contributed by atoms with Gasteiger partial charge >= 0.3 is 0 Å². The Morgan fingerprint density at radius 1 is 1.23 bits per heavy atom. The van der Waals surface area contributed by atoms with Crippen molar-refractivity contribution in [2.24, 2.45) is 0 Å². The van der Waals surface area contributed by atoms with E-state index >= 15 is 0 Å². The van der Waals surface area contributed by atoms with Crippen molar-refractivity contribution in [2.45, 2.75) is 5.16 Å². The molecule has 0 fully saturated rings. The largest absolute Gasteiger partial charge is 0.497 e. The number of aromatic amines is 1. The van der Waals surface area contributed by atoms with Gasteiger partial charge in [-0.15, -0.1) is 10.2 Å². The molecule has 1 amide bonds. The zero-order chi connectivity index (χ0) is 21.1. The molecule has 0 aliphatic carbocycles. The normalized spacial score (nSPS) is 10.9. The molecule has 0 saturated heterocycles. The standard InChI is InChI=1S/C19H15FN6O3S/c1-29-14-4-2-3-13(9-14)21-15(27)10-30-19-24-23-18-22-17(28)16(25-26(18)19)11-5-7-12(20)8-6-11/h2-9H,10H2,1H3,(H,21,27)(H,22,23,28). The fourth-order valence-corrected chi connectivity index (χ4v) is 3.33. The summed E-state index contributed by atoms with van der Waals surface area (Å²) in [6.07, 6.45) is 0. The first-order valence-electron chi connectivity index (χ1n) is 8.72. The van der Waals surface area contributed by atoms with Crippen molar-refractivity contribution in [1.29, 1.82) is 0 Å². The monoisotopic (exact) mass is 426 g/mol. The number of methoxy groups -OCH3 is 1. The number of carbonyl (C=O) groups is 1. The maximum Gasteiger partial charge on any atom is 0.279 e. The first-order valence-corrected chi connectivity index (χ1v) is 9.70. The van der Waals surface area contributed by atoms with E-state index in [4.69, 9.17) is 4.74 Å². The molecule has 11 heteroatoms. The van der Waals surface area contributed by atoms with Crippen LogP contribution in [0.5, 0.6) is 5.75 Å². The first-order chi connectivity index (χ1) is 14.5. The number of halogens is 1. The van der Waals surface area contributed by atoms with Gasteiger partial charge in [0.05, 0.1) is 12.9 Å². The van der Waals surface area contributed by atoms with Gasteiger partial charge in [0.15, 0.2) is 5.69 Å². The molecular formula is C19H15FN6O3S. The van der Waals surface area contributed by atoms with Crippen LogP contribution in [0, 0.1) is 5.82 Å². The summed E-state index contributed by atoms with van der Waals surface area (Å²) in [5, 5.41) is 15.2. The molecule has 0 bridgehead atoms. The van der Waals surface area contributed by atoms with Crippen LogP contribution >= 0.6 is 11.8 Å². The third kappa shape index (κ3) is 4.15. The Labute approximate surface area is 173 Å². The number of fused-ring (bicyclic) bond motifs is 1. The number of rotatable bonds is 6. The molecule has 2 aromatic heterocycles. The van der Waals surface area contributed by atoms with E-state index in [1.165, 1.54) is 28.8 Å². The van der Waals surface area contributed by atoms with Crippen molar-refractivity contribution in [3.8, 4) is 17.0 Å². The van der Waals surface area contributed by atoms with E-state index in [-0.39, 0.29) is 23.1 Å². The molecule has 2 heterocycles. The lowest BCUT2D eigenvalue weighted by Gasteiger charge is -2.06. The van der Waals surface area contributed by atoms with Gasteiger partial charge < -0.3 is 10.1 Å². The number of carbonyl (C=O) groups excluding carboxylic acids is 1. The second-order valence-electron chi connectivity index (χ2n) is 6.10. The minimum atomic E-state index is -0.478. The summed E-state index contributed by atoms with van der Waals surface area (Å²) in [5.41, 5.74) is 0.658. The number of anilines is 1. The van der Waals surface area contributed by atoms with E-state index in [2.05, 4.69) is 25.6 Å². The zero-order valence-electron chi connectivity index (χ0n) is 15.6. The fourth-order valence-electron chi connectivity index (χ4n) is 2.65. The average molecular weight is 426 g/mol. The molecule has 0 aliphatic rings. The molecule has 9 nitrogen and oxygen atoms in total. The lowest BCUT2D eigenvalue weighted by molar-refractivity contribution is -0.113. The molecule has 0 unspecified atom stereocenters. The number of benzene rings is 2. The summed E-state index contributed by atoms with van der Waals surface area (Å²) >= 11 is 1.11. The number of nitrogens with one attached hydrogen (secondary N) is 2. The lowest BCUT2D eigenvalue weighted by atomic mass is 10.2. The number of ether oxygens (including phenoxy) is 1. The van der Waals surface area contributed by atoms with Gasteiger partial charge in [0, 0.05) is 17.3 Å². The van der Waals surface area contributed by atoms with E-state index in [9.17, 15) is 14.0 Å². The molecule has 0 spiro atoms. The molecule has 4 aromatic rings. The van der Waals surface area contributed by atoms with Crippen LogP contribution in [0.15, 0.2) is 58.5 Å². The summed E-state index contributed by atoms with van der Waals surface area (Å²) in [7, 11) is 1.55. The summed E-state index contributed by atoms with van der Waals surface area (Å²) in [6, 6.07) is 12.4. The summed E-state index contributed by atoms with van der Waals surface area (Å²) in [5.74, 6) is 0.143. The van der Waals surface area contributed by atoms with Crippen molar-refractivity contribution in [2.75, 3.05) is 18.2 Å². The zero-order valence-corrected chi connectivity index (χ0v) is 16.4. The molecule has 0 atom stereocenters. The van der Waals surface area contributed by atoms with Gasteiger partial charge in [-0.1, -0.05) is 17.8 Å². The molecule has 0 aliphatic heterocycles. The van der Waals surface area contributed by atoms with Crippen molar-refractivity contribution in [3.63, 3.8) is 0 Å². The van der Waals surface area contributed by atoms with Crippen molar-refractivity contribution < 1.29 is 13.9 Å². The van der Waals surface area contributed by atoms with Crippen LogP contribution in [0.3, 0.4) is 0 Å². The third-order valence-electron chi connectivity index (χ3n) is 4.06. The first kappa shape index (κ1) is 19.6. The molecule has 152 valence electrons. The summed E-state index contributed by atoms with van der Waals surface area (Å²) in [4.78, 5) is 27.1. The summed E-state index contributed by atoms with van der Waals surface area (Å²) in [6.45, 7) is 0. The van der Waals surface area contributed by atoms with Crippen molar-refractivity contribution in [1.82, 2.24) is 24.8 Å². The number of H-pyrrole nitrogens is 1. The molecule has 4 rings (SSSR count). The Kier molecular flexibility index (Phi) is 5.44. The van der Waals surface area contributed by atoms with Crippen LogP contribution in [-0.2, 0) is 4.79 Å². The van der Waals surface area contributed by atoms with Gasteiger partial charge in [-0.05, 0) is 36.4 Å². The lowest BCUT2D eigenvalue weighted by Crippen LogP contribution is -2.16. The minimum absolute atomic E-state index is 0.0463. The van der Waals surface area contributed by atoms with Crippen LogP contribution in [0.2, 0.25) is 0 Å². The highest BCUT2D eigenvalue weighted by Crippen LogP contribution is 2.20. The number of nitrogens with zero attached hydrogens (tertiary/aromatic N) is 4. The van der Waals surface area contributed by atoms with Gasteiger partial charge in [0.1, 0.15) is 11.6 Å². The van der Waals surface area contributed by atoms with E-state index in [0.29, 0.717) is 22.2 Å². The molecule has 30 heavy (non-hydrogen) atoms. The highest BCUT2D eigenvalue weighted by atomic mass is 32.2. The Morgan fingerprint density at radius 3 is 2.80 bits per heavy atom. The third-order valence-corrected chi connectivity index (χ3v) is 4.98. The smallest absolute Gasteiger partial charge is 0.279 e. The van der Waals surface area contributed by atoms with Gasteiger partial charge in [0.25, 0.3) is 11.3 Å². The second kappa shape index (κ2) is 8.33. The maximum absolute atomic E-state index is 13.2. The molecule has 0 radical (unpaired) electrons. The van der Waals surface area contributed by atoms with Crippen molar-refractivity contribution >= 4 is 29.1 Å². The van der Waals surface area contributed by atoms with Gasteiger partial charge in [-0.25, -0.2) is 4.39 Å². The van der Waals surface area contributed by atoms with Crippen LogP contribution in [0.25, 0.3) is 17.0 Å². The van der Waals surface area contributed by atoms with E-state index in [1.807, 2.05) is 0 Å². The van der Waals surface area contributed by atoms with Crippen LogP contribution in [-0.4, -0.2) is 43.6 Å². The topological polar surface area (TPSA) is 114 Å². The number of amides is 1. The van der Waals surface area contributed by atoms with E-state index in [1.54, 1.807) is 31.4 Å². The second-order valence-corrected chi connectivity index (χ2v) is 7.04.